The van der Waals surface area contributed by atoms with Crippen molar-refractivity contribution in [2.75, 3.05) is 18.0 Å². The number of aliphatic hydroxyl groups is 1. The number of cyclic esters (lactones) is 1. The molecule has 0 unspecified atom stereocenters. The lowest BCUT2D eigenvalue weighted by molar-refractivity contribution is -0.433. The van der Waals surface area contributed by atoms with Crippen LogP contribution >= 0.6 is 0 Å². The molecule has 0 aromatic heterocycles. The summed E-state index contributed by atoms with van der Waals surface area (Å²) >= 11 is 0. The Bertz CT molecular complexity index is 1880. The maximum atomic E-state index is 13.5. The van der Waals surface area contributed by atoms with E-state index in [1.54, 1.807) is 13.8 Å². The molecule has 6 rings (SSSR count). The Morgan fingerprint density at radius 1 is 0.851 bits per heavy atom. The second-order valence-corrected chi connectivity index (χ2v) is 14.7. The van der Waals surface area contributed by atoms with Crippen LogP contribution in [-0.4, -0.2) is 40.2 Å². The third kappa shape index (κ3) is 5.36. The molecule has 3 aliphatic heterocycles. The molecule has 3 heterocycles. The maximum Gasteiger partial charge on any atom is 0.349 e. The van der Waals surface area contributed by atoms with E-state index in [1.165, 1.54) is 45.0 Å². The molecule has 0 saturated carbocycles. The number of fused-ring (bicyclic) bond motifs is 2. The van der Waals surface area contributed by atoms with Crippen molar-refractivity contribution < 1.29 is 24.0 Å². The number of esters is 1. The first-order valence-electron chi connectivity index (χ1n) is 16.9. The fourth-order valence-corrected chi connectivity index (χ4v) is 7.87. The van der Waals surface area contributed by atoms with Gasteiger partial charge in [-0.05, 0) is 89.3 Å². The first-order chi connectivity index (χ1) is 22.1. The van der Waals surface area contributed by atoms with E-state index < -0.39 is 17.7 Å². The van der Waals surface area contributed by atoms with Crippen molar-refractivity contribution in [2.24, 2.45) is 0 Å². The van der Waals surface area contributed by atoms with Gasteiger partial charge in [-0.1, -0.05) is 55.3 Å². The van der Waals surface area contributed by atoms with E-state index in [-0.39, 0.29) is 16.4 Å². The van der Waals surface area contributed by atoms with E-state index in [0.717, 1.165) is 37.1 Å². The van der Waals surface area contributed by atoms with Crippen LogP contribution in [0.2, 0.25) is 0 Å². The van der Waals surface area contributed by atoms with Crippen LogP contribution in [0.25, 0.3) is 0 Å². The highest BCUT2D eigenvalue weighted by molar-refractivity contribution is 6.03. The summed E-state index contributed by atoms with van der Waals surface area (Å²) in [5.74, 6) is -2.22. The highest BCUT2D eigenvalue weighted by Crippen LogP contribution is 2.49. The van der Waals surface area contributed by atoms with Crippen LogP contribution in [0.3, 0.4) is 0 Å². The quantitative estimate of drug-likeness (QED) is 0.254. The molecule has 0 atom stereocenters. The van der Waals surface area contributed by atoms with Gasteiger partial charge in [0.1, 0.15) is 12.1 Å². The Morgan fingerprint density at radius 2 is 1.53 bits per heavy atom. The number of anilines is 1. The summed E-state index contributed by atoms with van der Waals surface area (Å²) in [7, 11) is 0. The average Bonchev–Trinajstić information content (AvgIpc) is 3.54. The molecule has 0 fully saturated rings. The number of likely N-dealkylation sites (N-methyl/N-ethyl adjacent to an activating group) is 1. The summed E-state index contributed by atoms with van der Waals surface area (Å²) in [5.41, 5.74) is 12.3. The van der Waals surface area contributed by atoms with Crippen molar-refractivity contribution in [2.45, 2.75) is 98.7 Å². The number of hydrogen-bond acceptors (Lipinski definition) is 5. The number of allylic oxidation sites excluding steroid dienone is 7. The van der Waals surface area contributed by atoms with Gasteiger partial charge in [0.25, 0.3) is 11.7 Å². The molecule has 6 heteroatoms. The number of carbonyl (C=O) groups is 1. The molecular formula is C41H49N2O4+. The Balaban J connectivity index is 1.48. The number of aliphatic hydroxyl groups excluding tert-OH is 1. The maximum absolute atomic E-state index is 13.5. The van der Waals surface area contributed by atoms with Gasteiger partial charge in [-0.25, -0.2) is 4.79 Å². The fraction of sp³-hybridized carbons (Fsp3) is 0.415. The number of benzene rings is 2. The monoisotopic (exact) mass is 633 g/mol. The second kappa shape index (κ2) is 11.4. The Labute approximate surface area is 280 Å². The van der Waals surface area contributed by atoms with E-state index in [9.17, 15) is 9.90 Å². The van der Waals surface area contributed by atoms with E-state index in [4.69, 9.17) is 9.47 Å². The van der Waals surface area contributed by atoms with Gasteiger partial charge in [0, 0.05) is 60.5 Å². The number of rotatable bonds is 6. The van der Waals surface area contributed by atoms with E-state index in [1.807, 2.05) is 0 Å². The lowest BCUT2D eigenvalue weighted by Gasteiger charge is -2.31. The van der Waals surface area contributed by atoms with Gasteiger partial charge < -0.3 is 19.5 Å². The van der Waals surface area contributed by atoms with Crippen LogP contribution in [0, 0.1) is 13.8 Å². The Hall–Kier alpha value is -4.32. The van der Waals surface area contributed by atoms with Gasteiger partial charge in [-0.15, -0.1) is 0 Å². The van der Waals surface area contributed by atoms with Crippen LogP contribution < -0.4 is 4.90 Å². The average molecular weight is 634 g/mol. The van der Waals surface area contributed by atoms with Gasteiger partial charge in [0.15, 0.2) is 5.71 Å². The Morgan fingerprint density at radius 3 is 2.19 bits per heavy atom. The molecule has 1 aliphatic carbocycles. The predicted molar refractivity (Wildman–Crippen MR) is 189 cm³/mol. The minimum Gasteiger partial charge on any atom is -0.480 e. The van der Waals surface area contributed by atoms with Crippen molar-refractivity contribution in [3.8, 4) is 0 Å². The summed E-state index contributed by atoms with van der Waals surface area (Å²) in [6.45, 7) is 22.7. The first kappa shape index (κ1) is 32.6. The first-order valence-corrected chi connectivity index (χ1v) is 16.9. The van der Waals surface area contributed by atoms with Crippen LogP contribution in [0.4, 0.5) is 11.4 Å². The predicted octanol–water partition coefficient (Wildman–Crippen LogP) is 9.05. The normalized spacial score (nSPS) is 22.9. The number of hydrogen-bond donors (Lipinski definition) is 1. The van der Waals surface area contributed by atoms with Gasteiger partial charge >= 0.3 is 5.97 Å². The summed E-state index contributed by atoms with van der Waals surface area (Å²) in [6.07, 6.45) is 10.1. The molecule has 2 aromatic rings. The largest absolute Gasteiger partial charge is 0.480 e. The fourth-order valence-electron chi connectivity index (χ4n) is 7.87. The number of aryl methyl sites for hydroxylation is 2. The number of carbonyl (C=O) groups excluding carboxylic acids is 1. The topological polar surface area (TPSA) is 62.0 Å². The zero-order valence-corrected chi connectivity index (χ0v) is 29.7. The van der Waals surface area contributed by atoms with Gasteiger partial charge in [0.05, 0.1) is 5.41 Å². The van der Waals surface area contributed by atoms with E-state index >= 15 is 0 Å². The summed E-state index contributed by atoms with van der Waals surface area (Å²) in [6, 6.07) is 13.4. The van der Waals surface area contributed by atoms with Crippen molar-refractivity contribution in [3.63, 3.8) is 0 Å². The van der Waals surface area contributed by atoms with E-state index in [2.05, 4.69) is 126 Å². The smallest absolute Gasteiger partial charge is 0.349 e. The Kier molecular flexibility index (Phi) is 7.93. The molecule has 0 amide bonds. The van der Waals surface area contributed by atoms with Crippen LogP contribution in [-0.2, 0) is 25.1 Å². The molecule has 6 nitrogen and oxygen atoms in total. The van der Waals surface area contributed by atoms with Crippen molar-refractivity contribution in [3.05, 3.63) is 117 Å². The molecule has 4 aliphatic rings. The lowest BCUT2D eigenvalue weighted by atomic mass is 9.80. The van der Waals surface area contributed by atoms with Gasteiger partial charge in [-0.2, -0.15) is 4.58 Å². The number of nitrogens with zero attached hydrogens (tertiary/aromatic N) is 2. The SMILES string of the molecule is CCN1/C(=C/C=C2\CCC(/C=C/C3=[N+](CC)c4ccc(C)cc4C3(C)C)=C2C2=C(O)OC(C)(C)OC2=O)C(C)(C)c2cc(C)ccc21. The molecule has 47 heavy (non-hydrogen) atoms. The highest BCUT2D eigenvalue weighted by Gasteiger charge is 2.45. The van der Waals surface area contributed by atoms with Crippen molar-refractivity contribution in [1.29, 1.82) is 0 Å². The van der Waals surface area contributed by atoms with Crippen molar-refractivity contribution >= 4 is 23.1 Å². The zero-order chi connectivity index (χ0) is 34.1. The highest BCUT2D eigenvalue weighted by atomic mass is 16.8. The molecule has 0 spiro atoms. The summed E-state index contributed by atoms with van der Waals surface area (Å²) < 4.78 is 13.8. The molecular weight excluding hydrogens is 584 g/mol. The van der Waals surface area contributed by atoms with Gasteiger partial charge in [0.2, 0.25) is 5.69 Å². The van der Waals surface area contributed by atoms with E-state index in [0.29, 0.717) is 5.57 Å². The minimum absolute atomic E-state index is 0.0880. The third-order valence-electron chi connectivity index (χ3n) is 10.3. The van der Waals surface area contributed by atoms with Crippen LogP contribution in [0.5, 0.6) is 0 Å². The second-order valence-electron chi connectivity index (χ2n) is 14.7. The standard InChI is InChI=1S/C41H48N2O4/c1-11-42-31-19-13-25(3)23-29(31)39(5,6)33(42)21-17-27-15-16-28(35(27)36-37(44)46-41(9,10)47-38(36)45)18-22-34-40(7,8)30-24-26(4)14-20-32(30)43(34)12-2/h13-14,17-24H,11-12,15-16H2,1-10H3/p+1/b27-17+,33-21+. The summed E-state index contributed by atoms with van der Waals surface area (Å²) in [5, 5.41) is 11.2. The van der Waals surface area contributed by atoms with Crippen LogP contribution in [0.1, 0.15) is 90.5 Å². The molecule has 0 saturated heterocycles. The van der Waals surface area contributed by atoms with Gasteiger partial charge in [-0.3, -0.25) is 0 Å². The van der Waals surface area contributed by atoms with Crippen molar-refractivity contribution in [1.82, 2.24) is 0 Å². The molecule has 0 bridgehead atoms. The molecule has 0 radical (unpaired) electrons. The third-order valence-corrected chi connectivity index (χ3v) is 10.3. The van der Waals surface area contributed by atoms with Crippen LogP contribution in [0.15, 0.2) is 94.6 Å². The number of ether oxygens (including phenoxy) is 2. The minimum atomic E-state index is -1.25. The molecule has 246 valence electrons. The molecule has 2 aromatic carbocycles. The lowest BCUT2D eigenvalue weighted by Crippen LogP contribution is -2.37. The zero-order valence-electron chi connectivity index (χ0n) is 29.7. The summed E-state index contributed by atoms with van der Waals surface area (Å²) in [4.78, 5) is 15.9. The molecule has 1 N–H and O–H groups in total.